The van der Waals surface area contributed by atoms with Crippen molar-refractivity contribution in [1.82, 2.24) is 15.5 Å². The zero-order valence-electron chi connectivity index (χ0n) is 15.3. The van der Waals surface area contributed by atoms with Crippen molar-refractivity contribution in [2.24, 2.45) is 5.92 Å². The summed E-state index contributed by atoms with van der Waals surface area (Å²) in [4.78, 5) is 38.0. The number of ether oxygens (including phenoxy) is 1. The number of carbonyl (C=O) groups excluding carboxylic acids is 3. The third-order valence-electron chi connectivity index (χ3n) is 5.16. The van der Waals surface area contributed by atoms with E-state index in [2.05, 4.69) is 17.6 Å². The lowest BCUT2D eigenvalue weighted by atomic mass is 9.77. The predicted molar refractivity (Wildman–Crippen MR) is 101 cm³/mol. The molecule has 1 aliphatic carbocycles. The minimum absolute atomic E-state index is 0.258. The first-order chi connectivity index (χ1) is 12.9. The first kappa shape index (κ1) is 19.5. The van der Waals surface area contributed by atoms with Gasteiger partial charge >= 0.3 is 6.03 Å². The monoisotopic (exact) mass is 393 g/mol. The Kier molecular flexibility index (Phi) is 5.89. The molecular formula is C19H24ClN3O4. The van der Waals surface area contributed by atoms with Crippen molar-refractivity contribution in [3.63, 3.8) is 0 Å². The van der Waals surface area contributed by atoms with Crippen LogP contribution in [0.1, 0.15) is 32.6 Å². The van der Waals surface area contributed by atoms with Crippen LogP contribution in [-0.4, -0.2) is 48.0 Å². The van der Waals surface area contributed by atoms with E-state index >= 15 is 0 Å². The van der Waals surface area contributed by atoms with E-state index in [1.807, 2.05) is 0 Å². The SMILES string of the molecule is CC1CCC2(CC1)NC(=O)N(CC(=O)NCCOc1cccc(Cl)c1)C2=O. The standard InChI is InChI=1S/C19H24ClN3O4/c1-13-5-7-19(8-6-13)17(25)23(18(26)22-19)12-16(24)21-9-10-27-15-4-2-3-14(20)11-15/h2-4,11,13H,5-10,12H2,1H3,(H,21,24)(H,22,26). The second-order valence-electron chi connectivity index (χ2n) is 7.24. The summed E-state index contributed by atoms with van der Waals surface area (Å²) in [6.07, 6.45) is 3.05. The Morgan fingerprint density at radius 2 is 2.11 bits per heavy atom. The van der Waals surface area contributed by atoms with Gasteiger partial charge in [-0.15, -0.1) is 0 Å². The van der Waals surface area contributed by atoms with E-state index < -0.39 is 17.5 Å². The van der Waals surface area contributed by atoms with Crippen LogP contribution in [0, 0.1) is 5.92 Å². The van der Waals surface area contributed by atoms with E-state index in [4.69, 9.17) is 16.3 Å². The Balaban J connectivity index is 1.45. The number of hydrogen-bond acceptors (Lipinski definition) is 4. The molecule has 0 aromatic heterocycles. The fourth-order valence-corrected chi connectivity index (χ4v) is 3.71. The van der Waals surface area contributed by atoms with Gasteiger partial charge in [0.15, 0.2) is 0 Å². The molecule has 1 spiro atoms. The van der Waals surface area contributed by atoms with E-state index in [0.717, 1.165) is 17.7 Å². The molecule has 1 heterocycles. The van der Waals surface area contributed by atoms with E-state index in [1.54, 1.807) is 24.3 Å². The summed E-state index contributed by atoms with van der Waals surface area (Å²) in [5, 5.41) is 6.04. The highest BCUT2D eigenvalue weighted by Crippen LogP contribution is 2.36. The third-order valence-corrected chi connectivity index (χ3v) is 5.40. The van der Waals surface area contributed by atoms with Crippen LogP contribution >= 0.6 is 11.6 Å². The summed E-state index contributed by atoms with van der Waals surface area (Å²) in [5.74, 6) is 0.482. The molecule has 0 bridgehead atoms. The lowest BCUT2D eigenvalue weighted by molar-refractivity contribution is -0.136. The van der Waals surface area contributed by atoms with Crippen LogP contribution in [0.15, 0.2) is 24.3 Å². The molecule has 0 unspecified atom stereocenters. The lowest BCUT2D eigenvalue weighted by Crippen LogP contribution is -2.50. The van der Waals surface area contributed by atoms with Gasteiger partial charge in [0.2, 0.25) is 5.91 Å². The molecule has 146 valence electrons. The van der Waals surface area contributed by atoms with E-state index in [0.29, 0.717) is 29.5 Å². The molecule has 4 amide bonds. The van der Waals surface area contributed by atoms with Gasteiger partial charge in [-0.05, 0) is 49.8 Å². The van der Waals surface area contributed by atoms with Gasteiger partial charge in [-0.1, -0.05) is 24.6 Å². The molecule has 2 aliphatic rings. The molecular weight excluding hydrogens is 370 g/mol. The molecule has 0 radical (unpaired) electrons. The number of hydrogen-bond donors (Lipinski definition) is 2. The molecule has 1 aliphatic heterocycles. The average Bonchev–Trinajstić information content (AvgIpc) is 2.86. The second kappa shape index (κ2) is 8.17. The van der Waals surface area contributed by atoms with E-state index in [1.165, 1.54) is 0 Å². The summed E-state index contributed by atoms with van der Waals surface area (Å²) in [7, 11) is 0. The maximum absolute atomic E-state index is 12.7. The van der Waals surface area contributed by atoms with Crippen molar-refractivity contribution in [3.8, 4) is 5.75 Å². The van der Waals surface area contributed by atoms with Crippen molar-refractivity contribution < 1.29 is 19.1 Å². The first-order valence-corrected chi connectivity index (χ1v) is 9.56. The quantitative estimate of drug-likeness (QED) is 0.573. The predicted octanol–water partition coefficient (Wildman–Crippen LogP) is 2.34. The number of urea groups is 1. The molecule has 3 rings (SSSR count). The van der Waals surface area contributed by atoms with Crippen molar-refractivity contribution in [3.05, 3.63) is 29.3 Å². The first-order valence-electron chi connectivity index (χ1n) is 9.19. The highest BCUT2D eigenvalue weighted by molar-refractivity contribution is 6.30. The molecule has 1 saturated carbocycles. The Morgan fingerprint density at radius 3 is 2.81 bits per heavy atom. The van der Waals surface area contributed by atoms with Gasteiger partial charge in [0.1, 0.15) is 24.4 Å². The molecule has 7 nitrogen and oxygen atoms in total. The molecule has 2 N–H and O–H groups in total. The molecule has 8 heteroatoms. The van der Waals surface area contributed by atoms with Crippen LogP contribution in [0.5, 0.6) is 5.75 Å². The highest BCUT2D eigenvalue weighted by Gasteiger charge is 2.52. The summed E-state index contributed by atoms with van der Waals surface area (Å²) in [5.41, 5.74) is -0.820. The van der Waals surface area contributed by atoms with Crippen LogP contribution in [0.2, 0.25) is 5.02 Å². The lowest BCUT2D eigenvalue weighted by Gasteiger charge is -2.33. The Morgan fingerprint density at radius 1 is 1.37 bits per heavy atom. The fourth-order valence-electron chi connectivity index (χ4n) is 3.53. The largest absolute Gasteiger partial charge is 0.492 e. The molecule has 1 saturated heterocycles. The zero-order valence-corrected chi connectivity index (χ0v) is 16.1. The minimum Gasteiger partial charge on any atom is -0.492 e. The van der Waals surface area contributed by atoms with Crippen LogP contribution in [0.3, 0.4) is 0 Å². The van der Waals surface area contributed by atoms with Gasteiger partial charge in [0.05, 0.1) is 6.54 Å². The van der Waals surface area contributed by atoms with Gasteiger partial charge in [-0.3, -0.25) is 14.5 Å². The van der Waals surface area contributed by atoms with Crippen LogP contribution in [0.4, 0.5) is 4.79 Å². The topological polar surface area (TPSA) is 87.7 Å². The summed E-state index contributed by atoms with van der Waals surface area (Å²) >= 11 is 5.88. The number of rotatable bonds is 6. The number of halogens is 1. The smallest absolute Gasteiger partial charge is 0.325 e. The van der Waals surface area contributed by atoms with Gasteiger partial charge in [-0.25, -0.2) is 4.79 Å². The Hall–Kier alpha value is -2.28. The molecule has 27 heavy (non-hydrogen) atoms. The summed E-state index contributed by atoms with van der Waals surface area (Å²) < 4.78 is 5.49. The normalized spacial score (nSPS) is 24.8. The van der Waals surface area contributed by atoms with Crippen molar-refractivity contribution >= 4 is 29.4 Å². The van der Waals surface area contributed by atoms with Crippen LogP contribution < -0.4 is 15.4 Å². The zero-order chi connectivity index (χ0) is 19.4. The van der Waals surface area contributed by atoms with Crippen LogP contribution in [-0.2, 0) is 9.59 Å². The number of benzene rings is 1. The maximum atomic E-state index is 12.7. The minimum atomic E-state index is -0.820. The Labute approximate surface area is 163 Å². The van der Waals surface area contributed by atoms with Crippen molar-refractivity contribution in [2.45, 2.75) is 38.1 Å². The molecule has 0 atom stereocenters. The summed E-state index contributed by atoms with van der Waals surface area (Å²) in [6.45, 7) is 2.38. The van der Waals surface area contributed by atoms with Crippen molar-refractivity contribution in [1.29, 1.82) is 0 Å². The third kappa shape index (κ3) is 4.53. The molecule has 2 fully saturated rings. The number of nitrogens with zero attached hydrogens (tertiary/aromatic N) is 1. The van der Waals surface area contributed by atoms with E-state index in [-0.39, 0.29) is 25.6 Å². The van der Waals surface area contributed by atoms with Gasteiger partial charge in [0, 0.05) is 5.02 Å². The Bertz CT molecular complexity index is 731. The second-order valence-corrected chi connectivity index (χ2v) is 7.68. The van der Waals surface area contributed by atoms with E-state index in [9.17, 15) is 14.4 Å². The number of imide groups is 1. The maximum Gasteiger partial charge on any atom is 0.325 e. The number of carbonyl (C=O) groups is 3. The average molecular weight is 394 g/mol. The van der Waals surface area contributed by atoms with Crippen LogP contribution in [0.25, 0.3) is 0 Å². The molecule has 1 aromatic carbocycles. The number of amides is 4. The van der Waals surface area contributed by atoms with Gasteiger partial charge in [0.25, 0.3) is 5.91 Å². The summed E-state index contributed by atoms with van der Waals surface area (Å²) in [6, 6.07) is 6.48. The van der Waals surface area contributed by atoms with Crippen molar-refractivity contribution in [2.75, 3.05) is 19.7 Å². The van der Waals surface area contributed by atoms with Gasteiger partial charge < -0.3 is 15.4 Å². The fraction of sp³-hybridized carbons (Fsp3) is 0.526. The number of nitrogens with one attached hydrogen (secondary N) is 2. The van der Waals surface area contributed by atoms with Gasteiger partial charge in [-0.2, -0.15) is 0 Å². The molecule has 1 aromatic rings. The highest BCUT2D eigenvalue weighted by atomic mass is 35.5.